The van der Waals surface area contributed by atoms with Gasteiger partial charge in [0, 0.05) is 70.4 Å². The standard InChI is InChI=1S/C33H40ClF3N8O4/c34-26-19-21(18-25(28(26)38)33(35,36)37)20-27(30(46)43-12-6-23(7-13-43)42-16-10-39-11-17-42)49-32(48)44-14-8-24(9-15-44)45-31(47)40-29(41-45)22-4-2-1-3-5-22/h1-5,18-19,23-24,27,39H,6-17,20,38H2,(H,40,41,47)/t27-/m1/s1. The molecule has 3 aliphatic heterocycles. The Labute approximate surface area is 286 Å². The molecule has 3 aliphatic rings. The monoisotopic (exact) mass is 704 g/mol. The molecule has 2 aromatic carbocycles. The molecule has 2 amide bonds. The second kappa shape index (κ2) is 14.8. The van der Waals surface area contributed by atoms with Gasteiger partial charge in [-0.3, -0.25) is 14.7 Å². The van der Waals surface area contributed by atoms with Gasteiger partial charge >= 0.3 is 18.0 Å². The quantitative estimate of drug-likeness (QED) is 0.316. The first-order valence-corrected chi connectivity index (χ1v) is 16.9. The number of likely N-dealkylation sites (tertiary alicyclic amines) is 2. The molecule has 4 heterocycles. The van der Waals surface area contributed by atoms with Crippen molar-refractivity contribution in [3.63, 3.8) is 0 Å². The molecule has 264 valence electrons. The molecular weight excluding hydrogens is 665 g/mol. The Kier molecular flexibility index (Phi) is 10.5. The third-order valence-electron chi connectivity index (χ3n) is 9.64. The van der Waals surface area contributed by atoms with Crippen LogP contribution < -0.4 is 16.7 Å². The van der Waals surface area contributed by atoms with Crippen LogP contribution in [0.5, 0.6) is 0 Å². The third-order valence-corrected chi connectivity index (χ3v) is 9.95. The van der Waals surface area contributed by atoms with Crippen LogP contribution in [-0.2, 0) is 22.1 Å². The smallest absolute Gasteiger partial charge is 0.418 e. The first-order valence-electron chi connectivity index (χ1n) is 16.6. The van der Waals surface area contributed by atoms with Gasteiger partial charge in [0.15, 0.2) is 11.9 Å². The summed E-state index contributed by atoms with van der Waals surface area (Å²) in [6, 6.07) is 11.4. The molecule has 0 saturated carbocycles. The summed E-state index contributed by atoms with van der Waals surface area (Å²) in [6.07, 6.45) is -4.92. The lowest BCUT2D eigenvalue weighted by Gasteiger charge is -2.41. The van der Waals surface area contributed by atoms with Crippen molar-refractivity contribution in [1.82, 2.24) is 34.8 Å². The summed E-state index contributed by atoms with van der Waals surface area (Å²) < 4.78 is 48.5. The van der Waals surface area contributed by atoms with Gasteiger partial charge in [-0.25, -0.2) is 14.3 Å². The minimum absolute atomic E-state index is 0.0687. The Balaban J connectivity index is 1.14. The van der Waals surface area contributed by atoms with Crippen LogP contribution in [-0.4, -0.2) is 106 Å². The fraction of sp³-hybridized carbons (Fsp3) is 0.515. The number of halogens is 4. The molecule has 6 rings (SSSR count). The summed E-state index contributed by atoms with van der Waals surface area (Å²) in [7, 11) is 0. The number of alkyl halides is 3. The van der Waals surface area contributed by atoms with Crippen molar-refractivity contribution in [2.24, 2.45) is 0 Å². The van der Waals surface area contributed by atoms with Crippen molar-refractivity contribution in [1.29, 1.82) is 0 Å². The number of H-pyrrole nitrogens is 1. The van der Waals surface area contributed by atoms with Crippen LogP contribution in [0.1, 0.15) is 42.9 Å². The number of nitrogens with one attached hydrogen (secondary N) is 2. The molecule has 4 N–H and O–H groups in total. The van der Waals surface area contributed by atoms with Crippen molar-refractivity contribution >= 4 is 29.3 Å². The van der Waals surface area contributed by atoms with E-state index in [1.165, 1.54) is 15.6 Å². The fourth-order valence-electron chi connectivity index (χ4n) is 6.92. The van der Waals surface area contributed by atoms with Crippen LogP contribution in [0, 0.1) is 0 Å². The van der Waals surface area contributed by atoms with Gasteiger partial charge < -0.3 is 25.6 Å². The van der Waals surface area contributed by atoms with Crippen LogP contribution in [0.15, 0.2) is 47.3 Å². The molecule has 49 heavy (non-hydrogen) atoms. The number of hydrogen-bond acceptors (Lipinski definition) is 8. The number of benzene rings is 2. The largest absolute Gasteiger partial charge is 0.436 e. The van der Waals surface area contributed by atoms with Crippen LogP contribution in [0.3, 0.4) is 0 Å². The second-order valence-electron chi connectivity index (χ2n) is 12.8. The Hall–Kier alpha value is -4.08. The topological polar surface area (TPSA) is 142 Å². The van der Waals surface area contributed by atoms with Gasteiger partial charge in [-0.05, 0) is 43.4 Å². The predicted molar refractivity (Wildman–Crippen MR) is 177 cm³/mol. The summed E-state index contributed by atoms with van der Waals surface area (Å²) in [6.45, 7) is 5.01. The normalized spacial score (nSPS) is 19.2. The van der Waals surface area contributed by atoms with E-state index in [0.717, 1.165) is 50.7 Å². The molecule has 0 unspecified atom stereocenters. The average molecular weight is 705 g/mol. The number of nitrogens with zero attached hydrogens (tertiary/aromatic N) is 5. The zero-order valence-corrected chi connectivity index (χ0v) is 27.7. The van der Waals surface area contributed by atoms with E-state index < -0.39 is 35.5 Å². The van der Waals surface area contributed by atoms with Gasteiger partial charge in [0.1, 0.15) is 0 Å². The number of hydrogen-bond donors (Lipinski definition) is 3. The van der Waals surface area contributed by atoms with E-state index in [2.05, 4.69) is 20.3 Å². The lowest BCUT2D eigenvalue weighted by atomic mass is 9.99. The number of ether oxygens (including phenoxy) is 1. The van der Waals surface area contributed by atoms with E-state index in [9.17, 15) is 27.6 Å². The molecular formula is C33H40ClF3N8O4. The molecule has 3 fully saturated rings. The van der Waals surface area contributed by atoms with E-state index in [-0.39, 0.29) is 41.8 Å². The van der Waals surface area contributed by atoms with Crippen molar-refractivity contribution in [2.45, 2.75) is 56.5 Å². The number of rotatable bonds is 7. The summed E-state index contributed by atoms with van der Waals surface area (Å²) in [5.41, 5.74) is 4.40. The number of piperazine rings is 1. The molecule has 0 spiro atoms. The number of anilines is 1. The van der Waals surface area contributed by atoms with E-state index in [4.69, 9.17) is 22.1 Å². The Morgan fingerprint density at radius 1 is 0.959 bits per heavy atom. The Morgan fingerprint density at radius 2 is 1.59 bits per heavy atom. The number of carbonyl (C=O) groups excluding carboxylic acids is 2. The zero-order valence-electron chi connectivity index (χ0n) is 26.9. The maximum Gasteiger partial charge on any atom is 0.418 e. The highest BCUT2D eigenvalue weighted by Crippen LogP contribution is 2.38. The van der Waals surface area contributed by atoms with E-state index >= 15 is 0 Å². The summed E-state index contributed by atoms with van der Waals surface area (Å²) in [4.78, 5) is 48.4. The minimum Gasteiger partial charge on any atom is -0.436 e. The highest BCUT2D eigenvalue weighted by atomic mass is 35.5. The number of aromatic nitrogens is 3. The summed E-state index contributed by atoms with van der Waals surface area (Å²) in [5, 5.41) is 7.51. The van der Waals surface area contributed by atoms with Gasteiger partial charge in [-0.1, -0.05) is 41.9 Å². The van der Waals surface area contributed by atoms with Gasteiger partial charge in [-0.2, -0.15) is 13.2 Å². The van der Waals surface area contributed by atoms with Gasteiger partial charge in [0.05, 0.1) is 22.3 Å². The first kappa shape index (κ1) is 34.8. The SMILES string of the molecule is Nc1c(Cl)cc(C[C@@H](OC(=O)N2CCC(n3nc(-c4ccccc4)[nH]c3=O)CC2)C(=O)N2CCC(N3CCNCC3)CC2)cc1C(F)(F)F. The van der Waals surface area contributed by atoms with Crippen molar-refractivity contribution < 1.29 is 27.5 Å². The molecule has 1 atom stereocenters. The number of amides is 2. The van der Waals surface area contributed by atoms with Crippen LogP contribution >= 0.6 is 11.6 Å². The third kappa shape index (κ3) is 8.05. The predicted octanol–water partition coefficient (Wildman–Crippen LogP) is 3.77. The fourth-order valence-corrected chi connectivity index (χ4v) is 7.16. The van der Waals surface area contributed by atoms with Gasteiger partial charge in [-0.15, -0.1) is 5.10 Å². The van der Waals surface area contributed by atoms with Crippen LogP contribution in [0.25, 0.3) is 11.4 Å². The highest BCUT2D eigenvalue weighted by molar-refractivity contribution is 6.33. The van der Waals surface area contributed by atoms with E-state index in [0.29, 0.717) is 37.8 Å². The van der Waals surface area contributed by atoms with E-state index in [1.807, 2.05) is 30.3 Å². The molecule has 3 aromatic rings. The highest BCUT2D eigenvalue weighted by Gasteiger charge is 2.37. The second-order valence-corrected chi connectivity index (χ2v) is 13.2. The number of carbonyl (C=O) groups is 2. The summed E-state index contributed by atoms with van der Waals surface area (Å²) in [5.74, 6) is -0.0257. The number of piperidine rings is 2. The van der Waals surface area contributed by atoms with Crippen LogP contribution in [0.4, 0.5) is 23.7 Å². The first-order chi connectivity index (χ1) is 23.5. The van der Waals surface area contributed by atoms with Crippen molar-refractivity contribution in [2.75, 3.05) is 58.1 Å². The summed E-state index contributed by atoms with van der Waals surface area (Å²) >= 11 is 6.09. The Bertz CT molecular complexity index is 1680. The van der Waals surface area contributed by atoms with Crippen LogP contribution in [0.2, 0.25) is 5.02 Å². The maximum atomic E-state index is 13.9. The number of aromatic amines is 1. The number of nitrogen functional groups attached to an aromatic ring is 1. The van der Waals surface area contributed by atoms with Crippen molar-refractivity contribution in [3.05, 3.63) is 69.1 Å². The molecule has 16 heteroatoms. The zero-order chi connectivity index (χ0) is 34.7. The lowest BCUT2D eigenvalue weighted by molar-refractivity contribution is -0.142. The molecule has 3 saturated heterocycles. The maximum absolute atomic E-state index is 13.9. The minimum atomic E-state index is -4.77. The molecule has 12 nitrogen and oxygen atoms in total. The van der Waals surface area contributed by atoms with E-state index in [1.54, 1.807) is 4.90 Å². The van der Waals surface area contributed by atoms with Crippen molar-refractivity contribution in [3.8, 4) is 11.4 Å². The Morgan fingerprint density at radius 3 is 2.24 bits per heavy atom. The lowest BCUT2D eigenvalue weighted by Crippen LogP contribution is -2.54. The molecule has 0 radical (unpaired) electrons. The molecule has 0 aliphatic carbocycles. The van der Waals surface area contributed by atoms with Gasteiger partial charge in [0.2, 0.25) is 0 Å². The number of nitrogens with two attached hydrogens (primary N) is 1. The molecule has 0 bridgehead atoms. The average Bonchev–Trinajstić information content (AvgIpc) is 3.51. The van der Waals surface area contributed by atoms with Gasteiger partial charge in [0.25, 0.3) is 5.91 Å². The molecule has 1 aromatic heterocycles.